The summed E-state index contributed by atoms with van der Waals surface area (Å²) in [4.78, 5) is 12.3. The molecule has 0 saturated heterocycles. The molecule has 0 unspecified atom stereocenters. The fraction of sp³-hybridized carbons (Fsp3) is 0.160. The standard InChI is InChI=1S/C25H26N2O6S/c1-4-33-21-11-7-20(8-12-21)27-34(29,30)22-13-9-19(10-14-22)26-25(28)16-6-18-5-15-23(31-2)24(17-18)32-3/h5-17,27H,4H2,1-3H3,(H,26,28). The maximum Gasteiger partial charge on any atom is 0.261 e. The van der Waals surface area contributed by atoms with Gasteiger partial charge in [0.15, 0.2) is 11.5 Å². The van der Waals surface area contributed by atoms with E-state index in [4.69, 9.17) is 14.2 Å². The molecule has 9 heteroatoms. The third-order valence-electron chi connectivity index (χ3n) is 4.68. The van der Waals surface area contributed by atoms with Crippen LogP contribution in [0.25, 0.3) is 6.08 Å². The van der Waals surface area contributed by atoms with Crippen LogP contribution in [0.1, 0.15) is 12.5 Å². The molecule has 0 fully saturated rings. The van der Waals surface area contributed by atoms with Crippen molar-refractivity contribution >= 4 is 33.4 Å². The average molecular weight is 483 g/mol. The highest BCUT2D eigenvalue weighted by Crippen LogP contribution is 2.28. The van der Waals surface area contributed by atoms with Gasteiger partial charge in [-0.2, -0.15) is 0 Å². The molecule has 0 saturated carbocycles. The van der Waals surface area contributed by atoms with Crippen LogP contribution in [0.4, 0.5) is 11.4 Å². The van der Waals surface area contributed by atoms with E-state index < -0.39 is 10.0 Å². The van der Waals surface area contributed by atoms with Crippen molar-refractivity contribution in [2.24, 2.45) is 0 Å². The summed E-state index contributed by atoms with van der Waals surface area (Å²) in [6, 6.07) is 17.8. The molecule has 0 spiro atoms. The lowest BCUT2D eigenvalue weighted by atomic mass is 10.2. The zero-order valence-electron chi connectivity index (χ0n) is 19.1. The number of carbonyl (C=O) groups is 1. The number of ether oxygens (including phenoxy) is 3. The molecule has 0 heterocycles. The second-order valence-corrected chi connectivity index (χ2v) is 8.71. The number of rotatable bonds is 10. The van der Waals surface area contributed by atoms with Gasteiger partial charge in [0.1, 0.15) is 5.75 Å². The van der Waals surface area contributed by atoms with E-state index in [1.54, 1.807) is 55.7 Å². The zero-order chi connectivity index (χ0) is 24.6. The van der Waals surface area contributed by atoms with E-state index in [1.165, 1.54) is 37.5 Å². The summed E-state index contributed by atoms with van der Waals surface area (Å²) in [5.74, 6) is 1.44. The van der Waals surface area contributed by atoms with Crippen molar-refractivity contribution in [2.45, 2.75) is 11.8 Å². The van der Waals surface area contributed by atoms with Crippen molar-refractivity contribution in [3.05, 3.63) is 78.4 Å². The van der Waals surface area contributed by atoms with Crippen LogP contribution < -0.4 is 24.2 Å². The highest BCUT2D eigenvalue weighted by molar-refractivity contribution is 7.92. The fourth-order valence-corrected chi connectivity index (χ4v) is 4.09. The number of amides is 1. The van der Waals surface area contributed by atoms with E-state index in [1.807, 2.05) is 6.92 Å². The van der Waals surface area contributed by atoms with Gasteiger partial charge < -0.3 is 19.5 Å². The van der Waals surface area contributed by atoms with E-state index in [0.717, 1.165) is 5.56 Å². The molecule has 3 rings (SSSR count). The van der Waals surface area contributed by atoms with E-state index in [0.29, 0.717) is 35.2 Å². The first-order valence-electron chi connectivity index (χ1n) is 10.4. The van der Waals surface area contributed by atoms with Crippen LogP contribution in [0, 0.1) is 0 Å². The molecule has 34 heavy (non-hydrogen) atoms. The van der Waals surface area contributed by atoms with Crippen molar-refractivity contribution < 1.29 is 27.4 Å². The van der Waals surface area contributed by atoms with Gasteiger partial charge in [0.2, 0.25) is 5.91 Å². The molecule has 0 aliphatic carbocycles. The summed E-state index contributed by atoms with van der Waals surface area (Å²) >= 11 is 0. The third-order valence-corrected chi connectivity index (χ3v) is 6.08. The van der Waals surface area contributed by atoms with Crippen molar-refractivity contribution in [2.75, 3.05) is 30.9 Å². The molecule has 0 aromatic heterocycles. The normalized spacial score (nSPS) is 11.1. The molecule has 0 atom stereocenters. The quantitative estimate of drug-likeness (QED) is 0.411. The fourth-order valence-electron chi connectivity index (χ4n) is 3.03. The minimum Gasteiger partial charge on any atom is -0.494 e. The largest absolute Gasteiger partial charge is 0.494 e. The summed E-state index contributed by atoms with van der Waals surface area (Å²) < 4.78 is 43.6. The minimum absolute atomic E-state index is 0.0697. The third kappa shape index (κ3) is 6.52. The van der Waals surface area contributed by atoms with Gasteiger partial charge in [-0.3, -0.25) is 9.52 Å². The Bertz CT molecular complexity index is 1250. The van der Waals surface area contributed by atoms with Gasteiger partial charge in [-0.25, -0.2) is 8.42 Å². The van der Waals surface area contributed by atoms with Crippen molar-refractivity contribution in [3.63, 3.8) is 0 Å². The molecule has 0 aliphatic heterocycles. The smallest absolute Gasteiger partial charge is 0.261 e. The Morgan fingerprint density at radius 3 is 2.15 bits per heavy atom. The summed E-state index contributed by atoms with van der Waals surface area (Å²) in [6.07, 6.45) is 3.01. The van der Waals surface area contributed by atoms with Crippen LogP contribution in [0.5, 0.6) is 17.2 Å². The Morgan fingerprint density at radius 1 is 0.882 bits per heavy atom. The first-order valence-corrected chi connectivity index (χ1v) is 11.9. The molecule has 2 N–H and O–H groups in total. The lowest BCUT2D eigenvalue weighted by Gasteiger charge is -2.10. The Morgan fingerprint density at radius 2 is 1.53 bits per heavy atom. The van der Waals surface area contributed by atoms with Gasteiger partial charge in [-0.1, -0.05) is 6.07 Å². The molecule has 0 aliphatic rings. The molecule has 3 aromatic carbocycles. The molecule has 0 bridgehead atoms. The van der Waals surface area contributed by atoms with Crippen LogP contribution in [0.3, 0.4) is 0 Å². The van der Waals surface area contributed by atoms with Gasteiger partial charge >= 0.3 is 0 Å². The molecule has 8 nitrogen and oxygen atoms in total. The van der Waals surface area contributed by atoms with Crippen molar-refractivity contribution in [1.29, 1.82) is 0 Å². The van der Waals surface area contributed by atoms with Crippen LogP contribution in [0.15, 0.2) is 77.7 Å². The topological polar surface area (TPSA) is 103 Å². The SMILES string of the molecule is CCOc1ccc(NS(=O)(=O)c2ccc(NC(=O)C=Cc3ccc(OC)c(OC)c3)cc2)cc1. The Balaban J connectivity index is 1.62. The number of benzene rings is 3. The van der Waals surface area contributed by atoms with Gasteiger partial charge in [0.25, 0.3) is 10.0 Å². The van der Waals surface area contributed by atoms with E-state index in [2.05, 4.69) is 10.0 Å². The Kier molecular flexibility index (Phi) is 8.15. The number of hydrogen-bond donors (Lipinski definition) is 2. The molecule has 178 valence electrons. The molecular weight excluding hydrogens is 456 g/mol. The highest BCUT2D eigenvalue weighted by Gasteiger charge is 2.14. The Labute approximate surface area is 199 Å². The molecular formula is C25H26N2O6S. The van der Waals surface area contributed by atoms with E-state index in [9.17, 15) is 13.2 Å². The van der Waals surface area contributed by atoms with Crippen molar-refractivity contribution in [3.8, 4) is 17.2 Å². The predicted molar refractivity (Wildman–Crippen MR) is 132 cm³/mol. The van der Waals surface area contributed by atoms with Gasteiger partial charge in [0.05, 0.1) is 25.7 Å². The monoisotopic (exact) mass is 482 g/mol. The number of sulfonamides is 1. The summed E-state index contributed by atoms with van der Waals surface area (Å²) in [5.41, 5.74) is 1.64. The summed E-state index contributed by atoms with van der Waals surface area (Å²) in [6.45, 7) is 2.40. The van der Waals surface area contributed by atoms with Crippen LogP contribution in [-0.4, -0.2) is 35.2 Å². The predicted octanol–water partition coefficient (Wildman–Crippen LogP) is 4.56. The van der Waals surface area contributed by atoms with Crippen LogP contribution in [0.2, 0.25) is 0 Å². The van der Waals surface area contributed by atoms with Crippen molar-refractivity contribution in [1.82, 2.24) is 0 Å². The molecule has 3 aromatic rings. The highest BCUT2D eigenvalue weighted by atomic mass is 32.2. The number of anilines is 2. The minimum atomic E-state index is -3.78. The maximum atomic E-state index is 12.6. The second-order valence-electron chi connectivity index (χ2n) is 7.02. The zero-order valence-corrected chi connectivity index (χ0v) is 19.9. The number of nitrogens with one attached hydrogen (secondary N) is 2. The lowest BCUT2D eigenvalue weighted by molar-refractivity contribution is -0.111. The van der Waals surface area contributed by atoms with Gasteiger partial charge in [-0.15, -0.1) is 0 Å². The molecule has 0 radical (unpaired) electrons. The number of methoxy groups -OCH3 is 2. The maximum absolute atomic E-state index is 12.6. The number of hydrogen-bond acceptors (Lipinski definition) is 6. The van der Waals surface area contributed by atoms with Crippen LogP contribution in [-0.2, 0) is 14.8 Å². The molecule has 1 amide bonds. The second kappa shape index (κ2) is 11.2. The van der Waals surface area contributed by atoms with Gasteiger partial charge in [-0.05, 0) is 79.2 Å². The lowest BCUT2D eigenvalue weighted by Crippen LogP contribution is -2.13. The summed E-state index contributed by atoms with van der Waals surface area (Å²) in [7, 11) is -0.696. The Hall–Kier alpha value is -3.98. The van der Waals surface area contributed by atoms with E-state index >= 15 is 0 Å². The first kappa shape index (κ1) is 24.7. The van der Waals surface area contributed by atoms with Crippen LogP contribution >= 0.6 is 0 Å². The first-order chi connectivity index (χ1) is 16.3. The van der Waals surface area contributed by atoms with Gasteiger partial charge in [0, 0.05) is 17.5 Å². The van der Waals surface area contributed by atoms with E-state index in [-0.39, 0.29) is 10.8 Å². The summed E-state index contributed by atoms with van der Waals surface area (Å²) in [5, 5.41) is 2.70. The number of carbonyl (C=O) groups excluding carboxylic acids is 1. The average Bonchev–Trinajstić information content (AvgIpc) is 2.84.